The molecule has 1 unspecified atom stereocenters. The highest BCUT2D eigenvalue weighted by Gasteiger charge is 2.22. The van der Waals surface area contributed by atoms with E-state index in [0.717, 1.165) is 24.1 Å². The van der Waals surface area contributed by atoms with E-state index in [4.69, 9.17) is 0 Å². The molecule has 0 radical (unpaired) electrons. The van der Waals surface area contributed by atoms with Crippen LogP contribution in [0.25, 0.3) is 11.1 Å². The quantitative estimate of drug-likeness (QED) is 0.894. The summed E-state index contributed by atoms with van der Waals surface area (Å²) in [5.74, 6) is 0.370. The van der Waals surface area contributed by atoms with E-state index in [2.05, 4.69) is 9.97 Å². The molecule has 0 amide bonds. The second-order valence-corrected chi connectivity index (χ2v) is 4.67. The molecule has 0 saturated carbocycles. The Labute approximate surface area is 110 Å². The largest absolute Gasteiger partial charge is 0.391 e. The highest BCUT2D eigenvalue weighted by molar-refractivity contribution is 5.61. The number of hydrogen-bond donors (Lipinski definition) is 1. The molecular formula is C14H14FN3O. The van der Waals surface area contributed by atoms with E-state index >= 15 is 0 Å². The highest BCUT2D eigenvalue weighted by atomic mass is 19.1. The van der Waals surface area contributed by atoms with Gasteiger partial charge in [-0.2, -0.15) is 0 Å². The second kappa shape index (κ2) is 4.93. The van der Waals surface area contributed by atoms with Crippen molar-refractivity contribution in [2.45, 2.75) is 12.5 Å². The van der Waals surface area contributed by atoms with Crippen molar-refractivity contribution in [2.24, 2.45) is 0 Å². The molecule has 1 aliphatic rings. The summed E-state index contributed by atoms with van der Waals surface area (Å²) in [5.41, 5.74) is 1.73. The number of benzene rings is 1. The van der Waals surface area contributed by atoms with Crippen LogP contribution in [-0.2, 0) is 0 Å². The molecule has 2 aromatic rings. The van der Waals surface area contributed by atoms with E-state index in [9.17, 15) is 9.50 Å². The van der Waals surface area contributed by atoms with Crippen LogP contribution in [0, 0.1) is 5.82 Å². The Morgan fingerprint density at radius 3 is 2.37 bits per heavy atom. The Kier molecular flexibility index (Phi) is 3.13. The van der Waals surface area contributed by atoms with Crippen molar-refractivity contribution in [2.75, 3.05) is 18.0 Å². The molecule has 3 rings (SSSR count). The third-order valence-corrected chi connectivity index (χ3v) is 3.26. The lowest BCUT2D eigenvalue weighted by Gasteiger charge is -2.15. The maximum Gasteiger partial charge on any atom is 0.225 e. The van der Waals surface area contributed by atoms with Gasteiger partial charge >= 0.3 is 0 Å². The standard InChI is InChI=1S/C14H14FN3O/c15-12-3-1-10(2-4-12)11-7-16-14(17-8-11)18-6-5-13(19)9-18/h1-4,7-8,13,19H,5-6,9H2. The lowest BCUT2D eigenvalue weighted by atomic mass is 10.1. The number of aromatic nitrogens is 2. The van der Waals surface area contributed by atoms with Gasteiger partial charge < -0.3 is 10.0 Å². The predicted molar refractivity (Wildman–Crippen MR) is 70.3 cm³/mol. The fourth-order valence-corrected chi connectivity index (χ4v) is 2.20. The van der Waals surface area contributed by atoms with Gasteiger partial charge in [-0.15, -0.1) is 0 Å². The van der Waals surface area contributed by atoms with Crippen LogP contribution in [0.1, 0.15) is 6.42 Å². The molecule has 5 heteroatoms. The van der Waals surface area contributed by atoms with Crippen LogP contribution in [0.2, 0.25) is 0 Å². The minimum Gasteiger partial charge on any atom is -0.391 e. The summed E-state index contributed by atoms with van der Waals surface area (Å²) in [4.78, 5) is 10.6. The molecule has 4 nitrogen and oxygen atoms in total. The number of aliphatic hydroxyl groups excluding tert-OH is 1. The zero-order valence-electron chi connectivity index (χ0n) is 10.3. The smallest absolute Gasteiger partial charge is 0.225 e. The van der Waals surface area contributed by atoms with E-state index in [1.165, 1.54) is 12.1 Å². The average Bonchev–Trinajstić information content (AvgIpc) is 2.87. The molecule has 1 fully saturated rings. The van der Waals surface area contributed by atoms with Gasteiger partial charge in [-0.3, -0.25) is 0 Å². The van der Waals surface area contributed by atoms with Gasteiger partial charge in [-0.05, 0) is 24.1 Å². The van der Waals surface area contributed by atoms with Gasteiger partial charge in [0.2, 0.25) is 5.95 Å². The first-order chi connectivity index (χ1) is 9.22. The Morgan fingerprint density at radius 2 is 1.79 bits per heavy atom. The van der Waals surface area contributed by atoms with Gasteiger partial charge in [0.1, 0.15) is 5.82 Å². The van der Waals surface area contributed by atoms with Crippen LogP contribution in [0.15, 0.2) is 36.7 Å². The second-order valence-electron chi connectivity index (χ2n) is 4.67. The van der Waals surface area contributed by atoms with E-state index in [1.54, 1.807) is 24.5 Å². The molecule has 0 spiro atoms. The Balaban J connectivity index is 1.80. The summed E-state index contributed by atoms with van der Waals surface area (Å²) in [7, 11) is 0. The van der Waals surface area contributed by atoms with E-state index in [0.29, 0.717) is 12.5 Å². The molecule has 1 aromatic carbocycles. The van der Waals surface area contributed by atoms with Crippen LogP contribution in [-0.4, -0.2) is 34.3 Å². The van der Waals surface area contributed by atoms with Crippen molar-refractivity contribution in [1.82, 2.24) is 9.97 Å². The lowest BCUT2D eigenvalue weighted by Crippen LogP contribution is -2.23. The van der Waals surface area contributed by atoms with Gasteiger partial charge in [0.05, 0.1) is 6.10 Å². The van der Waals surface area contributed by atoms with Crippen molar-refractivity contribution >= 4 is 5.95 Å². The van der Waals surface area contributed by atoms with Gasteiger partial charge in [-0.1, -0.05) is 12.1 Å². The SMILES string of the molecule is OC1CCN(c2ncc(-c3ccc(F)cc3)cn2)C1. The van der Waals surface area contributed by atoms with Crippen LogP contribution in [0.5, 0.6) is 0 Å². The molecule has 1 aromatic heterocycles. The molecule has 98 valence electrons. The summed E-state index contributed by atoms with van der Waals surface area (Å²) >= 11 is 0. The zero-order valence-corrected chi connectivity index (χ0v) is 10.3. The molecule has 19 heavy (non-hydrogen) atoms. The van der Waals surface area contributed by atoms with Crippen molar-refractivity contribution in [3.05, 3.63) is 42.5 Å². The summed E-state index contributed by atoms with van der Waals surface area (Å²) in [5, 5.41) is 9.49. The third kappa shape index (κ3) is 2.56. The molecule has 2 heterocycles. The van der Waals surface area contributed by atoms with E-state index < -0.39 is 0 Å². The van der Waals surface area contributed by atoms with E-state index in [1.807, 2.05) is 4.90 Å². The molecule has 0 aliphatic carbocycles. The third-order valence-electron chi connectivity index (χ3n) is 3.26. The lowest BCUT2D eigenvalue weighted by molar-refractivity contribution is 0.198. The molecule has 1 aliphatic heterocycles. The zero-order chi connectivity index (χ0) is 13.2. The number of aliphatic hydroxyl groups is 1. The normalized spacial score (nSPS) is 18.8. The minimum atomic E-state index is -0.291. The van der Waals surface area contributed by atoms with Crippen molar-refractivity contribution in [3.63, 3.8) is 0 Å². The monoisotopic (exact) mass is 259 g/mol. The number of rotatable bonds is 2. The van der Waals surface area contributed by atoms with Crippen molar-refractivity contribution in [1.29, 1.82) is 0 Å². The van der Waals surface area contributed by atoms with Crippen LogP contribution < -0.4 is 4.90 Å². The summed E-state index contributed by atoms with van der Waals surface area (Å²) in [6, 6.07) is 6.24. The van der Waals surface area contributed by atoms with Gasteiger partial charge in [0.25, 0.3) is 0 Å². The average molecular weight is 259 g/mol. The first kappa shape index (κ1) is 12.0. The predicted octanol–water partition coefficient (Wildman–Crippen LogP) is 1.85. The number of halogens is 1. The van der Waals surface area contributed by atoms with Crippen LogP contribution in [0.4, 0.5) is 10.3 Å². The van der Waals surface area contributed by atoms with Crippen molar-refractivity contribution in [3.8, 4) is 11.1 Å². The van der Waals surface area contributed by atoms with E-state index in [-0.39, 0.29) is 11.9 Å². The van der Waals surface area contributed by atoms with Crippen LogP contribution >= 0.6 is 0 Å². The van der Waals surface area contributed by atoms with Crippen LogP contribution in [0.3, 0.4) is 0 Å². The number of nitrogens with zero attached hydrogens (tertiary/aromatic N) is 3. The molecular weight excluding hydrogens is 245 g/mol. The summed E-state index contributed by atoms with van der Waals surface area (Å²) in [6.45, 7) is 1.35. The summed E-state index contributed by atoms with van der Waals surface area (Å²) < 4.78 is 12.8. The van der Waals surface area contributed by atoms with Gasteiger partial charge in [0.15, 0.2) is 0 Å². The van der Waals surface area contributed by atoms with Crippen molar-refractivity contribution < 1.29 is 9.50 Å². The molecule has 1 atom stereocenters. The number of β-amino-alcohol motifs (C(OH)–C–C–N with tert-alkyl or cyclic N) is 1. The fraction of sp³-hybridized carbons (Fsp3) is 0.286. The Bertz CT molecular complexity index is 556. The highest BCUT2D eigenvalue weighted by Crippen LogP contribution is 2.21. The minimum absolute atomic E-state index is 0.257. The molecule has 0 bridgehead atoms. The maximum absolute atomic E-state index is 12.8. The topological polar surface area (TPSA) is 49.2 Å². The summed E-state index contributed by atoms with van der Waals surface area (Å²) in [6.07, 6.45) is 3.91. The Morgan fingerprint density at radius 1 is 1.11 bits per heavy atom. The van der Waals surface area contributed by atoms with Gasteiger partial charge in [0, 0.05) is 31.0 Å². The number of hydrogen-bond acceptors (Lipinski definition) is 4. The first-order valence-corrected chi connectivity index (χ1v) is 6.23. The first-order valence-electron chi connectivity index (χ1n) is 6.23. The number of anilines is 1. The van der Waals surface area contributed by atoms with Gasteiger partial charge in [-0.25, -0.2) is 14.4 Å². The molecule has 1 N–H and O–H groups in total. The fourth-order valence-electron chi connectivity index (χ4n) is 2.20. The maximum atomic E-state index is 12.8. The molecule has 1 saturated heterocycles. The Hall–Kier alpha value is -2.01.